The number of H-pyrrole nitrogens is 1. The van der Waals surface area contributed by atoms with Gasteiger partial charge in [0.25, 0.3) is 5.91 Å². The Bertz CT molecular complexity index is 822. The van der Waals surface area contributed by atoms with E-state index in [1.54, 1.807) is 12.1 Å². The number of likely N-dealkylation sites (tertiary alicyclic amines) is 1. The fourth-order valence-corrected chi connectivity index (χ4v) is 4.24. The number of amides is 1. The van der Waals surface area contributed by atoms with E-state index in [-0.39, 0.29) is 34.3 Å². The van der Waals surface area contributed by atoms with Crippen molar-refractivity contribution in [2.75, 3.05) is 7.05 Å². The maximum Gasteiger partial charge on any atom is 0.260 e. The molecule has 2 heterocycles. The number of hydrogen-bond donors (Lipinski definition) is 4. The molecule has 1 aliphatic rings. The van der Waals surface area contributed by atoms with Crippen molar-refractivity contribution in [3.05, 3.63) is 35.9 Å². The summed E-state index contributed by atoms with van der Waals surface area (Å²) < 4.78 is 0. The molecule has 0 atom stereocenters. The van der Waals surface area contributed by atoms with Gasteiger partial charge in [0.1, 0.15) is 5.56 Å². The third-order valence-electron chi connectivity index (χ3n) is 5.89. The monoisotopic (exact) mass is 371 g/mol. The number of rotatable bonds is 3. The average molecular weight is 371 g/mol. The van der Waals surface area contributed by atoms with Gasteiger partial charge in [0.2, 0.25) is 5.88 Å². The van der Waals surface area contributed by atoms with Crippen molar-refractivity contribution in [3.8, 4) is 22.9 Å². The fraction of sp³-hybridized carbons (Fsp3) is 0.476. The SMILES string of the molecule is CN1C(C)(C)CC(NC(=O)c2c(O)[nH]c(-c3ccccc3)c2O)CC1(C)C. The summed E-state index contributed by atoms with van der Waals surface area (Å²) in [5.41, 5.74) is 0.783. The van der Waals surface area contributed by atoms with Crippen LogP contribution >= 0.6 is 0 Å². The van der Waals surface area contributed by atoms with Crippen molar-refractivity contribution >= 4 is 5.91 Å². The van der Waals surface area contributed by atoms with Gasteiger partial charge in [-0.2, -0.15) is 0 Å². The normalized spacial score (nSPS) is 19.7. The molecule has 3 rings (SSSR count). The molecule has 1 aliphatic heterocycles. The molecule has 1 fully saturated rings. The molecule has 1 aromatic heterocycles. The van der Waals surface area contributed by atoms with Crippen LogP contribution in [0.4, 0.5) is 0 Å². The summed E-state index contributed by atoms with van der Waals surface area (Å²) in [4.78, 5) is 17.9. The van der Waals surface area contributed by atoms with Crippen molar-refractivity contribution in [1.29, 1.82) is 0 Å². The van der Waals surface area contributed by atoms with Crippen LogP contribution in [0.1, 0.15) is 50.9 Å². The summed E-state index contributed by atoms with van der Waals surface area (Å²) >= 11 is 0. The quantitative estimate of drug-likeness (QED) is 0.665. The molecule has 0 unspecified atom stereocenters. The lowest BCUT2D eigenvalue weighted by Crippen LogP contribution is -2.62. The molecule has 2 aromatic rings. The molecule has 6 nitrogen and oxygen atoms in total. The number of carbonyl (C=O) groups is 1. The molecule has 1 saturated heterocycles. The number of hydrogen-bond acceptors (Lipinski definition) is 4. The van der Waals surface area contributed by atoms with Crippen LogP contribution in [0.5, 0.6) is 11.6 Å². The maximum absolute atomic E-state index is 12.8. The van der Waals surface area contributed by atoms with Gasteiger partial charge in [0.05, 0.1) is 5.69 Å². The number of aromatic nitrogens is 1. The molecule has 0 saturated carbocycles. The molecule has 1 amide bonds. The van der Waals surface area contributed by atoms with Gasteiger partial charge in [0, 0.05) is 22.7 Å². The minimum absolute atomic E-state index is 0.0485. The van der Waals surface area contributed by atoms with Crippen LogP contribution in [0.25, 0.3) is 11.3 Å². The predicted molar refractivity (Wildman–Crippen MR) is 106 cm³/mol. The zero-order valence-corrected chi connectivity index (χ0v) is 16.6. The Balaban J connectivity index is 1.84. The van der Waals surface area contributed by atoms with E-state index < -0.39 is 5.91 Å². The molecular formula is C21H29N3O3. The van der Waals surface area contributed by atoms with E-state index in [0.29, 0.717) is 11.3 Å². The lowest BCUT2D eigenvalue weighted by atomic mass is 9.77. The number of carbonyl (C=O) groups excluding carboxylic acids is 1. The zero-order chi connectivity index (χ0) is 20.0. The number of nitrogens with zero attached hydrogens (tertiary/aromatic N) is 1. The fourth-order valence-electron chi connectivity index (χ4n) is 4.24. The highest BCUT2D eigenvalue weighted by atomic mass is 16.3. The standard InChI is InChI=1S/C21H29N3O3/c1-20(2)11-14(12-21(3,4)24(20)5)22-18(26)15-17(25)16(23-19(15)27)13-9-7-6-8-10-13/h6-10,14,23,25,27H,11-12H2,1-5H3,(H,22,26). The molecule has 6 heteroatoms. The number of aromatic hydroxyl groups is 2. The first-order valence-corrected chi connectivity index (χ1v) is 9.27. The number of piperidine rings is 1. The van der Waals surface area contributed by atoms with Gasteiger partial charge < -0.3 is 20.5 Å². The van der Waals surface area contributed by atoms with Crippen LogP contribution in [0.2, 0.25) is 0 Å². The van der Waals surface area contributed by atoms with E-state index in [1.165, 1.54) is 0 Å². The highest BCUT2D eigenvalue weighted by Crippen LogP contribution is 2.39. The lowest BCUT2D eigenvalue weighted by molar-refractivity contribution is -0.0169. The Morgan fingerprint density at radius 2 is 1.67 bits per heavy atom. The molecule has 146 valence electrons. The van der Waals surface area contributed by atoms with E-state index >= 15 is 0 Å². The van der Waals surface area contributed by atoms with Gasteiger partial charge in [-0.1, -0.05) is 30.3 Å². The average Bonchev–Trinajstić information content (AvgIpc) is 2.87. The van der Waals surface area contributed by atoms with Gasteiger partial charge in [-0.3, -0.25) is 9.69 Å². The Hall–Kier alpha value is -2.47. The Morgan fingerprint density at radius 3 is 2.22 bits per heavy atom. The van der Waals surface area contributed by atoms with Crippen molar-refractivity contribution in [2.24, 2.45) is 0 Å². The molecule has 1 aromatic carbocycles. The van der Waals surface area contributed by atoms with Gasteiger partial charge >= 0.3 is 0 Å². The largest absolute Gasteiger partial charge is 0.505 e. The predicted octanol–water partition coefficient (Wildman–Crippen LogP) is 3.47. The first kappa shape index (κ1) is 19.3. The summed E-state index contributed by atoms with van der Waals surface area (Å²) in [5, 5.41) is 23.8. The smallest absolute Gasteiger partial charge is 0.260 e. The highest BCUT2D eigenvalue weighted by Gasteiger charge is 2.43. The third kappa shape index (κ3) is 3.54. The van der Waals surface area contributed by atoms with E-state index in [9.17, 15) is 15.0 Å². The van der Waals surface area contributed by atoms with Gasteiger partial charge in [-0.05, 0) is 47.6 Å². The highest BCUT2D eigenvalue weighted by molar-refractivity contribution is 6.01. The second kappa shape index (κ2) is 6.60. The van der Waals surface area contributed by atoms with Crippen LogP contribution < -0.4 is 5.32 Å². The number of benzene rings is 1. The molecule has 0 aliphatic carbocycles. The molecule has 0 bridgehead atoms. The minimum Gasteiger partial charge on any atom is -0.505 e. The van der Waals surface area contributed by atoms with Gasteiger partial charge in [-0.25, -0.2) is 0 Å². The Labute approximate surface area is 160 Å². The van der Waals surface area contributed by atoms with Crippen LogP contribution in [0.15, 0.2) is 30.3 Å². The van der Waals surface area contributed by atoms with E-state index in [0.717, 1.165) is 12.8 Å². The van der Waals surface area contributed by atoms with Crippen LogP contribution in [0, 0.1) is 0 Å². The minimum atomic E-state index is -0.468. The molecule has 0 spiro atoms. The van der Waals surface area contributed by atoms with Crippen molar-refractivity contribution in [1.82, 2.24) is 15.2 Å². The number of aromatic amines is 1. The van der Waals surface area contributed by atoms with E-state index in [2.05, 4.69) is 49.9 Å². The summed E-state index contributed by atoms with van der Waals surface area (Å²) in [6.07, 6.45) is 1.58. The molecule has 27 heavy (non-hydrogen) atoms. The van der Waals surface area contributed by atoms with Crippen LogP contribution in [-0.2, 0) is 0 Å². The summed E-state index contributed by atoms with van der Waals surface area (Å²) in [6, 6.07) is 9.07. The summed E-state index contributed by atoms with van der Waals surface area (Å²) in [5.74, 6) is -1.03. The van der Waals surface area contributed by atoms with Crippen LogP contribution in [-0.4, -0.2) is 50.2 Å². The Morgan fingerprint density at radius 1 is 1.11 bits per heavy atom. The number of nitrogens with one attached hydrogen (secondary N) is 2. The summed E-state index contributed by atoms with van der Waals surface area (Å²) in [6.45, 7) is 8.63. The Kier molecular flexibility index (Phi) is 4.72. The maximum atomic E-state index is 12.8. The first-order chi connectivity index (χ1) is 12.5. The van der Waals surface area contributed by atoms with Crippen molar-refractivity contribution in [3.63, 3.8) is 0 Å². The molecular weight excluding hydrogens is 342 g/mol. The topological polar surface area (TPSA) is 88.6 Å². The lowest BCUT2D eigenvalue weighted by Gasteiger charge is -2.53. The molecule has 0 radical (unpaired) electrons. The van der Waals surface area contributed by atoms with E-state index in [4.69, 9.17) is 0 Å². The van der Waals surface area contributed by atoms with E-state index in [1.807, 2.05) is 18.2 Å². The zero-order valence-electron chi connectivity index (χ0n) is 16.6. The second-order valence-electron chi connectivity index (χ2n) is 8.70. The third-order valence-corrected chi connectivity index (χ3v) is 5.89. The van der Waals surface area contributed by atoms with Crippen molar-refractivity contribution < 1.29 is 15.0 Å². The summed E-state index contributed by atoms with van der Waals surface area (Å²) in [7, 11) is 2.11. The first-order valence-electron chi connectivity index (χ1n) is 9.27. The second-order valence-corrected chi connectivity index (χ2v) is 8.70. The van der Waals surface area contributed by atoms with Crippen molar-refractivity contribution in [2.45, 2.75) is 57.7 Å². The van der Waals surface area contributed by atoms with Gasteiger partial charge in [-0.15, -0.1) is 0 Å². The molecule has 4 N–H and O–H groups in total. The van der Waals surface area contributed by atoms with Crippen LogP contribution in [0.3, 0.4) is 0 Å². The van der Waals surface area contributed by atoms with Gasteiger partial charge in [0.15, 0.2) is 5.75 Å².